The number of carbonyl (C=O) groups excluding carboxylic acids is 1. The molecule has 2 rings (SSSR count). The summed E-state index contributed by atoms with van der Waals surface area (Å²) in [7, 11) is 1.41. The molecule has 0 bridgehead atoms. The first-order chi connectivity index (χ1) is 10.5. The summed E-state index contributed by atoms with van der Waals surface area (Å²) in [5.41, 5.74) is -0.251. The maximum atomic E-state index is 11.3. The second-order valence-corrected chi connectivity index (χ2v) is 7.11. The lowest BCUT2D eigenvalue weighted by atomic mass is 9.86. The minimum Gasteiger partial charge on any atom is -0.469 e. The molecule has 0 amide bonds. The molecule has 0 radical (unpaired) electrons. The van der Waals surface area contributed by atoms with E-state index >= 15 is 0 Å². The molecule has 0 aromatic heterocycles. The zero-order valence-electron chi connectivity index (χ0n) is 13.2. The van der Waals surface area contributed by atoms with Crippen LogP contribution in [0.25, 0.3) is 0 Å². The number of halogens is 1. The highest BCUT2D eigenvalue weighted by Gasteiger charge is 2.52. The molecule has 4 unspecified atom stereocenters. The van der Waals surface area contributed by atoms with E-state index in [-0.39, 0.29) is 35.8 Å². The Morgan fingerprint density at radius 1 is 1.50 bits per heavy atom. The van der Waals surface area contributed by atoms with Crippen LogP contribution in [0.4, 0.5) is 0 Å². The van der Waals surface area contributed by atoms with Gasteiger partial charge < -0.3 is 14.2 Å². The molecule has 0 aliphatic carbocycles. The van der Waals surface area contributed by atoms with Crippen molar-refractivity contribution in [3.05, 3.63) is 0 Å². The Labute approximate surface area is 145 Å². The summed E-state index contributed by atoms with van der Waals surface area (Å²) in [6.45, 7) is 1.94. The number of hydrogen-bond acceptors (Lipinski definition) is 5. The molecule has 6 heteroatoms. The Hall–Kier alpha value is -0.390. The number of rotatable bonds is 6. The molecular formula is C16H24INO4. The molecule has 5 atom stereocenters. The summed E-state index contributed by atoms with van der Waals surface area (Å²) in [4.78, 5) is 11.3. The number of nitriles is 1. The van der Waals surface area contributed by atoms with Gasteiger partial charge in [-0.3, -0.25) is 4.79 Å². The summed E-state index contributed by atoms with van der Waals surface area (Å²) in [5, 5.41) is 8.99. The zero-order chi connectivity index (χ0) is 16.2. The van der Waals surface area contributed by atoms with Crippen LogP contribution in [0.2, 0.25) is 0 Å². The highest BCUT2D eigenvalue weighted by atomic mass is 127. The first kappa shape index (κ1) is 18.0. The number of ether oxygens (including phenoxy) is 3. The lowest BCUT2D eigenvalue weighted by Crippen LogP contribution is -2.50. The first-order valence-corrected chi connectivity index (χ1v) is 9.41. The molecule has 2 saturated heterocycles. The van der Waals surface area contributed by atoms with Crippen LogP contribution in [0.1, 0.15) is 45.4 Å². The summed E-state index contributed by atoms with van der Waals surface area (Å²) in [5.74, 6) is -0.172. The molecule has 0 aromatic carbocycles. The van der Waals surface area contributed by atoms with Gasteiger partial charge in [-0.25, -0.2) is 0 Å². The van der Waals surface area contributed by atoms with Crippen molar-refractivity contribution in [2.75, 3.05) is 11.5 Å². The van der Waals surface area contributed by atoms with Gasteiger partial charge in [-0.1, -0.05) is 22.6 Å². The van der Waals surface area contributed by atoms with E-state index in [1.54, 1.807) is 0 Å². The van der Waals surface area contributed by atoms with Crippen molar-refractivity contribution >= 4 is 28.6 Å². The number of nitrogens with zero attached hydrogens (tertiary/aromatic N) is 1. The van der Waals surface area contributed by atoms with Gasteiger partial charge in [-0.15, -0.1) is 0 Å². The van der Waals surface area contributed by atoms with Gasteiger partial charge in [-0.2, -0.15) is 5.26 Å². The Balaban J connectivity index is 1.94. The van der Waals surface area contributed by atoms with Crippen LogP contribution in [0.3, 0.4) is 0 Å². The van der Waals surface area contributed by atoms with Crippen LogP contribution in [-0.4, -0.2) is 41.4 Å². The third kappa shape index (κ3) is 4.12. The monoisotopic (exact) mass is 421 g/mol. The average Bonchev–Trinajstić information content (AvgIpc) is 2.90. The fourth-order valence-corrected chi connectivity index (χ4v) is 4.42. The normalized spacial score (nSPS) is 35.5. The standard InChI is InChI=1S/C16H24INO4/c1-11(9-18)7-12-3-5-14-16(10-17,22-12)8-13(21-14)4-6-15(19)20-2/h11-14H,3-8,10H2,1-2H3/t11-,12?,13?,14?,16?/m1/s1. The SMILES string of the molecule is COC(=O)CCC1CC2(CI)OC(C[C@@H](C)C#N)CCC2O1. The lowest BCUT2D eigenvalue weighted by Gasteiger charge is -2.41. The molecule has 5 nitrogen and oxygen atoms in total. The van der Waals surface area contributed by atoms with Gasteiger partial charge in [-0.05, 0) is 32.6 Å². The lowest BCUT2D eigenvalue weighted by molar-refractivity contribution is -0.155. The number of hydrogen-bond donors (Lipinski definition) is 0. The fourth-order valence-electron chi connectivity index (χ4n) is 3.44. The number of methoxy groups -OCH3 is 1. The van der Waals surface area contributed by atoms with Gasteiger partial charge in [0.05, 0.1) is 31.5 Å². The molecule has 0 N–H and O–H groups in total. The second kappa shape index (κ2) is 7.93. The molecule has 2 fully saturated rings. The predicted molar refractivity (Wildman–Crippen MR) is 89.6 cm³/mol. The molecule has 0 aromatic rings. The minimum atomic E-state index is -0.251. The molecule has 124 valence electrons. The summed E-state index contributed by atoms with van der Waals surface area (Å²) in [6.07, 6.45) is 4.92. The van der Waals surface area contributed by atoms with E-state index < -0.39 is 0 Å². The Bertz CT molecular complexity index is 438. The van der Waals surface area contributed by atoms with Crippen molar-refractivity contribution in [3.8, 4) is 6.07 Å². The van der Waals surface area contributed by atoms with E-state index in [0.29, 0.717) is 12.8 Å². The topological polar surface area (TPSA) is 68.5 Å². The smallest absolute Gasteiger partial charge is 0.305 e. The predicted octanol–water partition coefficient (Wildman–Crippen LogP) is 3.00. The largest absolute Gasteiger partial charge is 0.469 e. The number of fused-ring (bicyclic) bond motifs is 1. The molecular weight excluding hydrogens is 397 g/mol. The number of esters is 1. The molecule has 2 aliphatic rings. The van der Waals surface area contributed by atoms with E-state index in [1.165, 1.54) is 7.11 Å². The Morgan fingerprint density at radius 2 is 2.27 bits per heavy atom. The minimum absolute atomic E-state index is 0.0188. The highest BCUT2D eigenvalue weighted by molar-refractivity contribution is 14.1. The van der Waals surface area contributed by atoms with Crippen molar-refractivity contribution in [1.29, 1.82) is 5.26 Å². The van der Waals surface area contributed by atoms with Crippen LogP contribution in [-0.2, 0) is 19.0 Å². The highest BCUT2D eigenvalue weighted by Crippen LogP contribution is 2.44. The van der Waals surface area contributed by atoms with Gasteiger partial charge in [0.2, 0.25) is 0 Å². The van der Waals surface area contributed by atoms with Crippen molar-refractivity contribution in [2.45, 2.75) is 69.4 Å². The maximum absolute atomic E-state index is 11.3. The molecule has 22 heavy (non-hydrogen) atoms. The van der Waals surface area contributed by atoms with Crippen LogP contribution in [0.5, 0.6) is 0 Å². The molecule has 2 aliphatic heterocycles. The van der Waals surface area contributed by atoms with Gasteiger partial charge in [0, 0.05) is 23.2 Å². The van der Waals surface area contributed by atoms with E-state index in [1.807, 2.05) is 6.92 Å². The fraction of sp³-hybridized carbons (Fsp3) is 0.875. The van der Waals surface area contributed by atoms with Crippen LogP contribution >= 0.6 is 22.6 Å². The van der Waals surface area contributed by atoms with Crippen molar-refractivity contribution in [2.24, 2.45) is 5.92 Å². The maximum Gasteiger partial charge on any atom is 0.305 e. The van der Waals surface area contributed by atoms with Crippen LogP contribution in [0.15, 0.2) is 0 Å². The van der Waals surface area contributed by atoms with E-state index in [4.69, 9.17) is 19.5 Å². The quantitative estimate of drug-likeness (QED) is 0.375. The van der Waals surface area contributed by atoms with E-state index in [9.17, 15) is 4.79 Å². The summed E-state index contributed by atoms with van der Waals surface area (Å²) >= 11 is 2.37. The average molecular weight is 421 g/mol. The zero-order valence-corrected chi connectivity index (χ0v) is 15.4. The third-order valence-corrected chi connectivity index (χ3v) is 5.92. The van der Waals surface area contributed by atoms with Crippen molar-refractivity contribution in [1.82, 2.24) is 0 Å². The molecule has 0 saturated carbocycles. The van der Waals surface area contributed by atoms with Gasteiger partial charge in [0.1, 0.15) is 5.60 Å². The Kier molecular flexibility index (Phi) is 6.47. The molecule has 0 spiro atoms. The first-order valence-electron chi connectivity index (χ1n) is 7.88. The van der Waals surface area contributed by atoms with E-state index in [2.05, 4.69) is 28.7 Å². The van der Waals surface area contributed by atoms with Crippen LogP contribution < -0.4 is 0 Å². The Morgan fingerprint density at radius 3 is 2.91 bits per heavy atom. The van der Waals surface area contributed by atoms with Gasteiger partial charge in [0.15, 0.2) is 0 Å². The number of carbonyl (C=O) groups is 1. The third-order valence-electron chi connectivity index (χ3n) is 4.63. The molecule has 2 heterocycles. The second-order valence-electron chi connectivity index (χ2n) is 6.35. The summed E-state index contributed by atoms with van der Waals surface area (Å²) < 4.78 is 18.1. The van der Waals surface area contributed by atoms with Crippen molar-refractivity contribution in [3.63, 3.8) is 0 Å². The van der Waals surface area contributed by atoms with Crippen LogP contribution in [0, 0.1) is 17.2 Å². The summed E-state index contributed by atoms with van der Waals surface area (Å²) in [6, 6.07) is 2.29. The van der Waals surface area contributed by atoms with E-state index in [0.717, 1.165) is 30.1 Å². The van der Waals surface area contributed by atoms with Crippen molar-refractivity contribution < 1.29 is 19.0 Å². The number of alkyl halides is 1. The van der Waals surface area contributed by atoms with Gasteiger partial charge >= 0.3 is 5.97 Å². The van der Waals surface area contributed by atoms with Gasteiger partial charge in [0.25, 0.3) is 0 Å².